The third kappa shape index (κ3) is 2.75. The summed E-state index contributed by atoms with van der Waals surface area (Å²) in [6.45, 7) is 6.77. The Labute approximate surface area is 120 Å². The van der Waals surface area contributed by atoms with Crippen LogP contribution in [0.5, 0.6) is 0 Å². The number of hydrogen-bond donors (Lipinski definition) is 1. The van der Waals surface area contributed by atoms with Crippen molar-refractivity contribution in [2.75, 3.05) is 19.7 Å². The number of rotatable bonds is 3. The molecule has 0 unspecified atom stereocenters. The molecule has 0 radical (unpaired) electrons. The molecule has 0 saturated carbocycles. The molecule has 0 aromatic carbocycles. The van der Waals surface area contributed by atoms with Gasteiger partial charge in [-0.3, -0.25) is 9.58 Å². The maximum atomic E-state index is 10.2. The average Bonchev–Trinajstić information content (AvgIpc) is 2.92. The Morgan fingerprint density at radius 1 is 1.45 bits per heavy atom. The van der Waals surface area contributed by atoms with Crippen LogP contribution in [0.3, 0.4) is 0 Å². The lowest BCUT2D eigenvalue weighted by molar-refractivity contribution is -0.177. The van der Waals surface area contributed by atoms with Gasteiger partial charge in [-0.1, -0.05) is 0 Å². The Kier molecular flexibility index (Phi) is 4.10. The lowest BCUT2D eigenvalue weighted by Crippen LogP contribution is -2.55. The van der Waals surface area contributed by atoms with E-state index in [4.69, 9.17) is 4.74 Å². The van der Waals surface area contributed by atoms with Crippen molar-refractivity contribution >= 4 is 0 Å². The number of nitrogens with zero attached hydrogens (tertiary/aromatic N) is 3. The topological polar surface area (TPSA) is 50.5 Å². The van der Waals surface area contributed by atoms with Crippen LogP contribution in [0.25, 0.3) is 0 Å². The standard InChI is InChI=1S/C15H25N3O2/c1-2-18-12-13(10-16-18)11-17-7-5-15(6-8-17)14(19)4-3-9-20-15/h10,12,14,19H,2-9,11H2,1H3/t14-/m0/s1. The zero-order valence-electron chi connectivity index (χ0n) is 12.3. The van der Waals surface area contributed by atoms with Crippen LogP contribution in [0.4, 0.5) is 0 Å². The summed E-state index contributed by atoms with van der Waals surface area (Å²) in [6, 6.07) is 0. The van der Waals surface area contributed by atoms with Crippen LogP contribution in [-0.4, -0.2) is 51.2 Å². The Bertz CT molecular complexity index is 438. The molecule has 3 heterocycles. The summed E-state index contributed by atoms with van der Waals surface area (Å²) in [5.41, 5.74) is 1.01. The first-order chi connectivity index (χ1) is 9.72. The lowest BCUT2D eigenvalue weighted by atomic mass is 9.82. The molecule has 2 aliphatic rings. The molecule has 2 fully saturated rings. The Morgan fingerprint density at radius 3 is 2.90 bits per heavy atom. The van der Waals surface area contributed by atoms with E-state index >= 15 is 0 Å². The first kappa shape index (κ1) is 14.0. The number of likely N-dealkylation sites (tertiary alicyclic amines) is 1. The summed E-state index contributed by atoms with van der Waals surface area (Å²) in [7, 11) is 0. The first-order valence-corrected chi connectivity index (χ1v) is 7.77. The van der Waals surface area contributed by atoms with E-state index in [1.165, 1.54) is 5.56 Å². The largest absolute Gasteiger partial charge is 0.390 e. The summed E-state index contributed by atoms with van der Waals surface area (Å²) in [6.07, 6.45) is 7.57. The summed E-state index contributed by atoms with van der Waals surface area (Å²) >= 11 is 0. The van der Waals surface area contributed by atoms with Gasteiger partial charge in [0.2, 0.25) is 0 Å². The van der Waals surface area contributed by atoms with Crippen LogP contribution in [0.1, 0.15) is 38.2 Å². The van der Waals surface area contributed by atoms with Crippen LogP contribution in [0, 0.1) is 0 Å². The SMILES string of the molecule is CCn1cc(CN2CCC3(CC2)OCCC[C@@H]3O)cn1. The summed E-state index contributed by atoms with van der Waals surface area (Å²) in [4.78, 5) is 2.44. The van der Waals surface area contributed by atoms with Crippen molar-refractivity contribution in [3.05, 3.63) is 18.0 Å². The molecule has 2 aliphatic heterocycles. The lowest BCUT2D eigenvalue weighted by Gasteiger charge is -2.46. The predicted octanol–water partition coefficient (Wildman–Crippen LogP) is 1.41. The van der Waals surface area contributed by atoms with Gasteiger partial charge in [0.15, 0.2) is 0 Å². The van der Waals surface area contributed by atoms with E-state index in [0.717, 1.165) is 58.5 Å². The summed E-state index contributed by atoms with van der Waals surface area (Å²) in [5.74, 6) is 0. The van der Waals surface area contributed by atoms with Gasteiger partial charge in [0.05, 0.1) is 17.9 Å². The van der Waals surface area contributed by atoms with Crippen molar-refractivity contribution in [1.82, 2.24) is 14.7 Å². The van der Waals surface area contributed by atoms with Crippen LogP contribution in [-0.2, 0) is 17.8 Å². The van der Waals surface area contributed by atoms with E-state index in [1.807, 2.05) is 10.9 Å². The Hall–Kier alpha value is -0.910. The molecule has 0 amide bonds. The van der Waals surface area contributed by atoms with Crippen LogP contribution >= 0.6 is 0 Å². The fraction of sp³-hybridized carbons (Fsp3) is 0.800. The van der Waals surface area contributed by atoms with Crippen molar-refractivity contribution in [2.24, 2.45) is 0 Å². The number of aryl methyl sites for hydroxylation is 1. The van der Waals surface area contributed by atoms with Gasteiger partial charge in [-0.15, -0.1) is 0 Å². The van der Waals surface area contributed by atoms with Crippen molar-refractivity contribution in [3.8, 4) is 0 Å². The highest BCUT2D eigenvalue weighted by atomic mass is 16.5. The van der Waals surface area contributed by atoms with Crippen LogP contribution in [0.2, 0.25) is 0 Å². The van der Waals surface area contributed by atoms with E-state index in [-0.39, 0.29) is 11.7 Å². The number of hydrogen-bond acceptors (Lipinski definition) is 4. The second-order valence-electron chi connectivity index (χ2n) is 6.05. The maximum Gasteiger partial charge on any atom is 0.0964 e. The number of aliphatic hydroxyl groups is 1. The first-order valence-electron chi connectivity index (χ1n) is 7.77. The van der Waals surface area contributed by atoms with Crippen LogP contribution < -0.4 is 0 Å². The van der Waals surface area contributed by atoms with Crippen LogP contribution in [0.15, 0.2) is 12.4 Å². The Balaban J connectivity index is 1.55. The van der Waals surface area contributed by atoms with Gasteiger partial charge >= 0.3 is 0 Å². The Morgan fingerprint density at radius 2 is 2.25 bits per heavy atom. The average molecular weight is 279 g/mol. The van der Waals surface area contributed by atoms with E-state index in [0.29, 0.717) is 0 Å². The molecular weight excluding hydrogens is 254 g/mol. The molecule has 0 bridgehead atoms. The van der Waals surface area contributed by atoms with E-state index in [9.17, 15) is 5.11 Å². The molecular formula is C15H25N3O2. The molecule has 5 heteroatoms. The van der Waals surface area contributed by atoms with Gasteiger partial charge in [-0.25, -0.2) is 0 Å². The third-order valence-corrected chi connectivity index (χ3v) is 4.74. The molecule has 1 aromatic rings. The molecule has 1 atom stereocenters. The van der Waals surface area contributed by atoms with E-state index in [2.05, 4.69) is 23.1 Å². The minimum absolute atomic E-state index is 0.262. The number of ether oxygens (including phenoxy) is 1. The van der Waals surface area contributed by atoms with Crippen molar-refractivity contribution in [3.63, 3.8) is 0 Å². The monoisotopic (exact) mass is 279 g/mol. The molecule has 1 N–H and O–H groups in total. The maximum absolute atomic E-state index is 10.2. The highest BCUT2D eigenvalue weighted by Gasteiger charge is 2.43. The fourth-order valence-corrected chi connectivity index (χ4v) is 3.40. The highest BCUT2D eigenvalue weighted by Crippen LogP contribution is 2.35. The summed E-state index contributed by atoms with van der Waals surface area (Å²) < 4.78 is 7.91. The number of piperidine rings is 1. The zero-order valence-corrected chi connectivity index (χ0v) is 12.3. The van der Waals surface area contributed by atoms with E-state index < -0.39 is 0 Å². The fourth-order valence-electron chi connectivity index (χ4n) is 3.40. The van der Waals surface area contributed by atoms with Gasteiger partial charge in [-0.2, -0.15) is 5.10 Å². The molecule has 5 nitrogen and oxygen atoms in total. The number of aromatic nitrogens is 2. The van der Waals surface area contributed by atoms with E-state index in [1.54, 1.807) is 0 Å². The van der Waals surface area contributed by atoms with Gasteiger partial charge in [0, 0.05) is 44.5 Å². The van der Waals surface area contributed by atoms with Gasteiger partial charge < -0.3 is 9.84 Å². The molecule has 2 saturated heterocycles. The predicted molar refractivity (Wildman–Crippen MR) is 76.3 cm³/mol. The minimum atomic E-state index is -0.277. The smallest absolute Gasteiger partial charge is 0.0964 e. The van der Waals surface area contributed by atoms with Gasteiger partial charge in [-0.05, 0) is 32.6 Å². The zero-order chi connectivity index (χ0) is 14.0. The second kappa shape index (κ2) is 5.84. The molecule has 112 valence electrons. The van der Waals surface area contributed by atoms with Gasteiger partial charge in [0.25, 0.3) is 0 Å². The normalized spacial score (nSPS) is 27.0. The summed E-state index contributed by atoms with van der Waals surface area (Å²) in [5, 5.41) is 14.6. The quantitative estimate of drug-likeness (QED) is 0.909. The molecule has 0 aliphatic carbocycles. The second-order valence-corrected chi connectivity index (χ2v) is 6.05. The third-order valence-electron chi connectivity index (χ3n) is 4.74. The van der Waals surface area contributed by atoms with Crippen molar-refractivity contribution in [1.29, 1.82) is 0 Å². The minimum Gasteiger partial charge on any atom is -0.390 e. The van der Waals surface area contributed by atoms with Crippen molar-refractivity contribution < 1.29 is 9.84 Å². The van der Waals surface area contributed by atoms with Gasteiger partial charge in [0.1, 0.15) is 0 Å². The number of aliphatic hydroxyl groups excluding tert-OH is 1. The highest BCUT2D eigenvalue weighted by molar-refractivity contribution is 5.05. The molecule has 3 rings (SSSR count). The van der Waals surface area contributed by atoms with Crippen molar-refractivity contribution in [2.45, 2.75) is 57.4 Å². The molecule has 1 spiro atoms. The molecule has 1 aromatic heterocycles. The molecule has 20 heavy (non-hydrogen) atoms.